The molecule has 1 atom stereocenters. The second-order valence-corrected chi connectivity index (χ2v) is 3.94. The summed E-state index contributed by atoms with van der Waals surface area (Å²) in [6, 6.07) is 14.2. The first kappa shape index (κ1) is 9.21. The van der Waals surface area contributed by atoms with Crippen molar-refractivity contribution in [3.8, 4) is 0 Å². The highest BCUT2D eigenvalue weighted by atomic mass is 16.2. The maximum atomic E-state index is 11.6. The van der Waals surface area contributed by atoms with Gasteiger partial charge in [0.25, 0.3) is 5.91 Å². The molecule has 0 spiro atoms. The molecule has 0 aliphatic carbocycles. The quantitative estimate of drug-likeness (QED) is 0.768. The Bertz CT molecular complexity index is 516. The molecular formula is C13H12N2O. The summed E-state index contributed by atoms with van der Waals surface area (Å²) < 4.78 is 2.04. The Morgan fingerprint density at radius 2 is 1.94 bits per heavy atom. The Labute approximate surface area is 93.7 Å². The smallest absolute Gasteiger partial charge is 0.268 e. The normalized spacial score (nSPS) is 19.0. The summed E-state index contributed by atoms with van der Waals surface area (Å²) in [5.41, 5.74) is 1.96. The van der Waals surface area contributed by atoms with E-state index >= 15 is 0 Å². The Kier molecular flexibility index (Phi) is 2.03. The molecule has 1 aliphatic rings. The number of amides is 1. The number of hydrogen-bond donors (Lipinski definition) is 1. The number of fused-ring (bicyclic) bond motifs is 1. The van der Waals surface area contributed by atoms with E-state index in [2.05, 4.69) is 17.4 Å². The van der Waals surface area contributed by atoms with Crippen LogP contribution in [0.2, 0.25) is 0 Å². The molecule has 1 aliphatic heterocycles. The zero-order chi connectivity index (χ0) is 11.0. The molecule has 1 N–H and O–H groups in total. The van der Waals surface area contributed by atoms with Crippen LogP contribution in [0.4, 0.5) is 0 Å². The lowest BCUT2D eigenvalue weighted by Crippen LogP contribution is -2.38. The van der Waals surface area contributed by atoms with Crippen LogP contribution < -0.4 is 5.32 Å². The van der Waals surface area contributed by atoms with Gasteiger partial charge in [0.15, 0.2) is 0 Å². The Morgan fingerprint density at radius 1 is 1.12 bits per heavy atom. The molecular weight excluding hydrogens is 200 g/mol. The summed E-state index contributed by atoms with van der Waals surface area (Å²) in [6.45, 7) is 0.657. The number of carbonyl (C=O) groups excluding carboxylic acids is 1. The predicted octanol–water partition coefficient (Wildman–Crippen LogP) is 1.82. The van der Waals surface area contributed by atoms with E-state index in [1.807, 2.05) is 41.1 Å². The maximum Gasteiger partial charge on any atom is 0.268 e. The molecule has 1 aromatic heterocycles. The highest BCUT2D eigenvalue weighted by Gasteiger charge is 2.24. The van der Waals surface area contributed by atoms with Gasteiger partial charge in [-0.25, -0.2) is 0 Å². The van der Waals surface area contributed by atoms with Gasteiger partial charge in [-0.05, 0) is 17.7 Å². The van der Waals surface area contributed by atoms with Crippen LogP contribution in [0.3, 0.4) is 0 Å². The van der Waals surface area contributed by atoms with E-state index < -0.39 is 0 Å². The van der Waals surface area contributed by atoms with Crippen molar-refractivity contribution in [3.63, 3.8) is 0 Å². The van der Waals surface area contributed by atoms with Gasteiger partial charge in [-0.1, -0.05) is 30.3 Å². The summed E-state index contributed by atoms with van der Waals surface area (Å²) >= 11 is 0. The van der Waals surface area contributed by atoms with Crippen LogP contribution in [-0.4, -0.2) is 17.0 Å². The van der Waals surface area contributed by atoms with Gasteiger partial charge >= 0.3 is 0 Å². The van der Waals surface area contributed by atoms with Gasteiger partial charge in [0.05, 0.1) is 6.04 Å². The second kappa shape index (κ2) is 3.52. The van der Waals surface area contributed by atoms with Gasteiger partial charge in [-0.2, -0.15) is 0 Å². The van der Waals surface area contributed by atoms with E-state index in [0.717, 1.165) is 5.69 Å². The van der Waals surface area contributed by atoms with Crippen LogP contribution in [0.15, 0.2) is 48.7 Å². The standard InChI is InChI=1S/C13H12N2O/c16-13-11-7-4-8-15(11)12(9-14-13)10-5-2-1-3-6-10/h1-8,12H,9H2,(H,14,16). The van der Waals surface area contributed by atoms with Crippen molar-refractivity contribution >= 4 is 5.91 Å². The number of carbonyl (C=O) groups is 1. The minimum absolute atomic E-state index is 0.0113. The number of hydrogen-bond acceptors (Lipinski definition) is 1. The Morgan fingerprint density at radius 3 is 2.75 bits per heavy atom. The molecule has 0 saturated heterocycles. The van der Waals surface area contributed by atoms with Crippen molar-refractivity contribution < 1.29 is 4.79 Å². The first-order chi connectivity index (χ1) is 7.86. The van der Waals surface area contributed by atoms with Gasteiger partial charge in [0, 0.05) is 12.7 Å². The van der Waals surface area contributed by atoms with E-state index in [1.54, 1.807) is 0 Å². The second-order valence-electron chi connectivity index (χ2n) is 3.94. The topological polar surface area (TPSA) is 34.0 Å². The lowest BCUT2D eigenvalue weighted by Gasteiger charge is -2.26. The number of rotatable bonds is 1. The van der Waals surface area contributed by atoms with Crippen molar-refractivity contribution in [2.75, 3.05) is 6.54 Å². The fourth-order valence-corrected chi connectivity index (χ4v) is 2.19. The van der Waals surface area contributed by atoms with Crippen LogP contribution in [0.5, 0.6) is 0 Å². The van der Waals surface area contributed by atoms with Crippen LogP contribution >= 0.6 is 0 Å². The molecule has 0 radical (unpaired) electrons. The molecule has 16 heavy (non-hydrogen) atoms. The molecule has 80 valence electrons. The van der Waals surface area contributed by atoms with Crippen LogP contribution in [0.25, 0.3) is 0 Å². The molecule has 2 aromatic rings. The number of nitrogens with zero attached hydrogens (tertiary/aromatic N) is 1. The summed E-state index contributed by atoms with van der Waals surface area (Å²) in [6.07, 6.45) is 1.96. The van der Waals surface area contributed by atoms with Crippen LogP contribution in [0.1, 0.15) is 22.1 Å². The van der Waals surface area contributed by atoms with E-state index in [9.17, 15) is 4.79 Å². The third-order valence-corrected chi connectivity index (χ3v) is 2.99. The molecule has 0 bridgehead atoms. The number of aromatic nitrogens is 1. The Hall–Kier alpha value is -2.03. The van der Waals surface area contributed by atoms with Gasteiger partial charge in [-0.3, -0.25) is 4.79 Å². The van der Waals surface area contributed by atoms with E-state index in [1.165, 1.54) is 5.56 Å². The van der Waals surface area contributed by atoms with Gasteiger partial charge in [0.1, 0.15) is 5.69 Å². The molecule has 1 aromatic carbocycles. The highest BCUT2D eigenvalue weighted by molar-refractivity contribution is 5.93. The average Bonchev–Trinajstić information content (AvgIpc) is 2.81. The summed E-state index contributed by atoms with van der Waals surface area (Å²) in [5, 5.41) is 2.91. The van der Waals surface area contributed by atoms with Crippen LogP contribution in [-0.2, 0) is 0 Å². The van der Waals surface area contributed by atoms with Crippen molar-refractivity contribution in [1.29, 1.82) is 0 Å². The molecule has 0 saturated carbocycles. The third kappa shape index (κ3) is 1.33. The number of benzene rings is 1. The van der Waals surface area contributed by atoms with Crippen molar-refractivity contribution in [2.45, 2.75) is 6.04 Å². The average molecular weight is 212 g/mol. The lowest BCUT2D eigenvalue weighted by molar-refractivity contribution is 0.0921. The molecule has 1 unspecified atom stereocenters. The van der Waals surface area contributed by atoms with Crippen LogP contribution in [0, 0.1) is 0 Å². The van der Waals surface area contributed by atoms with Gasteiger partial charge in [-0.15, -0.1) is 0 Å². The highest BCUT2D eigenvalue weighted by Crippen LogP contribution is 2.23. The monoisotopic (exact) mass is 212 g/mol. The van der Waals surface area contributed by atoms with Gasteiger partial charge in [0.2, 0.25) is 0 Å². The largest absolute Gasteiger partial charge is 0.348 e. The molecule has 0 fully saturated rings. The first-order valence-electron chi connectivity index (χ1n) is 5.36. The fourth-order valence-electron chi connectivity index (χ4n) is 2.19. The minimum atomic E-state index is 0.0113. The Balaban J connectivity index is 2.07. The third-order valence-electron chi connectivity index (χ3n) is 2.99. The summed E-state index contributed by atoms with van der Waals surface area (Å²) in [4.78, 5) is 11.6. The first-order valence-corrected chi connectivity index (χ1v) is 5.36. The van der Waals surface area contributed by atoms with E-state index in [-0.39, 0.29) is 11.9 Å². The van der Waals surface area contributed by atoms with E-state index in [0.29, 0.717) is 6.54 Å². The molecule has 3 nitrogen and oxygen atoms in total. The zero-order valence-electron chi connectivity index (χ0n) is 8.76. The zero-order valence-corrected chi connectivity index (χ0v) is 8.76. The molecule has 2 heterocycles. The van der Waals surface area contributed by atoms with Crippen molar-refractivity contribution in [3.05, 3.63) is 59.9 Å². The maximum absolute atomic E-state index is 11.6. The summed E-state index contributed by atoms with van der Waals surface area (Å²) in [5.74, 6) is 0.0113. The SMILES string of the molecule is O=C1NCC(c2ccccc2)n2cccc21. The molecule has 3 rings (SSSR count). The summed E-state index contributed by atoms with van der Waals surface area (Å²) in [7, 11) is 0. The minimum Gasteiger partial charge on any atom is -0.348 e. The molecule has 3 heteroatoms. The number of nitrogens with one attached hydrogen (secondary N) is 1. The molecule has 1 amide bonds. The van der Waals surface area contributed by atoms with Gasteiger partial charge < -0.3 is 9.88 Å². The lowest BCUT2D eigenvalue weighted by atomic mass is 10.0. The fraction of sp³-hybridized carbons (Fsp3) is 0.154. The van der Waals surface area contributed by atoms with E-state index in [4.69, 9.17) is 0 Å². The predicted molar refractivity (Wildman–Crippen MR) is 61.3 cm³/mol. The van der Waals surface area contributed by atoms with Crippen molar-refractivity contribution in [1.82, 2.24) is 9.88 Å². The van der Waals surface area contributed by atoms with Crippen molar-refractivity contribution in [2.24, 2.45) is 0 Å².